The summed E-state index contributed by atoms with van der Waals surface area (Å²) in [5, 5.41) is 0. The lowest BCUT2D eigenvalue weighted by molar-refractivity contribution is -0.127. The Morgan fingerprint density at radius 3 is 2.38 bits per heavy atom. The van der Waals surface area contributed by atoms with E-state index in [0.717, 1.165) is 22.6 Å². The summed E-state index contributed by atoms with van der Waals surface area (Å²) in [6, 6.07) is 16.9. The Labute approximate surface area is 249 Å². The molecule has 1 amide bonds. The molecule has 3 heterocycles. The Morgan fingerprint density at radius 1 is 1.02 bits per heavy atom. The number of carbonyl (C=O) groups is 1. The molecule has 5 rings (SSSR count). The maximum absolute atomic E-state index is 14.3. The maximum Gasteiger partial charge on any atom is 0.271 e. The zero-order valence-corrected chi connectivity index (χ0v) is 25.9. The number of hydrogen-bond acceptors (Lipinski definition) is 6. The van der Waals surface area contributed by atoms with Gasteiger partial charge in [0.05, 0.1) is 30.0 Å². The van der Waals surface area contributed by atoms with Crippen LogP contribution in [-0.4, -0.2) is 47.3 Å². The van der Waals surface area contributed by atoms with Crippen LogP contribution in [0.5, 0.6) is 11.5 Å². The number of benzene rings is 2. The Balaban J connectivity index is 1.76. The number of fused-ring (bicyclic) bond motifs is 1. The highest BCUT2D eigenvalue weighted by Gasteiger charge is 2.36. The molecule has 9 heteroatoms. The van der Waals surface area contributed by atoms with Crippen molar-refractivity contribution in [3.8, 4) is 17.2 Å². The minimum atomic E-state index is -0.738. The van der Waals surface area contributed by atoms with E-state index in [1.54, 1.807) is 35.8 Å². The molecule has 42 heavy (non-hydrogen) atoms. The number of para-hydroxylation sites is 1. The summed E-state index contributed by atoms with van der Waals surface area (Å²) < 4.78 is 15.6. The van der Waals surface area contributed by atoms with E-state index in [4.69, 9.17) is 14.5 Å². The molecule has 2 aromatic heterocycles. The van der Waals surface area contributed by atoms with Crippen LogP contribution in [0.3, 0.4) is 0 Å². The lowest BCUT2D eigenvalue weighted by Crippen LogP contribution is -2.43. The predicted octanol–water partition coefficient (Wildman–Crippen LogP) is 4.53. The van der Waals surface area contributed by atoms with Gasteiger partial charge in [0.1, 0.15) is 17.5 Å². The van der Waals surface area contributed by atoms with Crippen LogP contribution in [0.25, 0.3) is 11.8 Å². The summed E-state index contributed by atoms with van der Waals surface area (Å²) in [6.07, 6.45) is 1.93. The van der Waals surface area contributed by atoms with Gasteiger partial charge >= 0.3 is 0 Å². The first-order valence-corrected chi connectivity index (χ1v) is 14.8. The third kappa shape index (κ3) is 4.98. The number of rotatable bonds is 8. The van der Waals surface area contributed by atoms with Gasteiger partial charge < -0.3 is 18.9 Å². The molecular weight excluding hydrogens is 548 g/mol. The van der Waals surface area contributed by atoms with E-state index in [1.165, 1.54) is 11.3 Å². The molecule has 0 aliphatic carbocycles. The molecule has 0 unspecified atom stereocenters. The van der Waals surface area contributed by atoms with Crippen molar-refractivity contribution in [1.82, 2.24) is 14.0 Å². The number of hydrogen-bond donors (Lipinski definition) is 0. The first kappa shape index (κ1) is 29.1. The smallest absolute Gasteiger partial charge is 0.271 e. The molecule has 1 aliphatic rings. The van der Waals surface area contributed by atoms with Crippen LogP contribution in [0.4, 0.5) is 0 Å². The highest BCUT2D eigenvalue weighted by Crippen LogP contribution is 2.38. The number of likely N-dealkylation sites (N-methyl/N-ethyl adjacent to an activating group) is 1. The first-order valence-electron chi connectivity index (χ1n) is 14.0. The third-order valence-electron chi connectivity index (χ3n) is 7.81. The van der Waals surface area contributed by atoms with Gasteiger partial charge in [-0.2, -0.15) is 0 Å². The fourth-order valence-corrected chi connectivity index (χ4v) is 6.71. The number of aryl methyl sites for hydroxylation is 1. The van der Waals surface area contributed by atoms with Crippen molar-refractivity contribution < 1.29 is 14.3 Å². The number of carbonyl (C=O) groups excluding carboxylic acids is 1. The zero-order valence-electron chi connectivity index (χ0n) is 25.1. The van der Waals surface area contributed by atoms with Gasteiger partial charge in [0.15, 0.2) is 4.80 Å². The normalized spacial score (nSPS) is 14.9. The van der Waals surface area contributed by atoms with Crippen molar-refractivity contribution >= 4 is 23.3 Å². The molecule has 0 saturated carbocycles. The van der Waals surface area contributed by atoms with Gasteiger partial charge in [-0.05, 0) is 82.7 Å². The van der Waals surface area contributed by atoms with Crippen LogP contribution in [-0.2, 0) is 4.79 Å². The van der Waals surface area contributed by atoms with Crippen LogP contribution < -0.4 is 24.4 Å². The lowest BCUT2D eigenvalue weighted by atomic mass is 9.93. The summed E-state index contributed by atoms with van der Waals surface area (Å²) in [5.74, 6) is 1.00. The molecule has 1 aliphatic heterocycles. The third-order valence-corrected chi connectivity index (χ3v) is 8.79. The second-order valence-electron chi connectivity index (χ2n) is 10.2. The summed E-state index contributed by atoms with van der Waals surface area (Å²) in [4.78, 5) is 35.3. The van der Waals surface area contributed by atoms with E-state index >= 15 is 0 Å². The van der Waals surface area contributed by atoms with E-state index in [0.29, 0.717) is 50.8 Å². The minimum Gasteiger partial charge on any atom is -0.497 e. The molecule has 218 valence electrons. The van der Waals surface area contributed by atoms with Crippen LogP contribution in [0.1, 0.15) is 49.3 Å². The van der Waals surface area contributed by atoms with E-state index in [-0.39, 0.29) is 11.5 Å². The number of thiazole rings is 1. The topological polar surface area (TPSA) is 78.1 Å². The van der Waals surface area contributed by atoms with Gasteiger partial charge in [0.25, 0.3) is 11.5 Å². The monoisotopic (exact) mass is 584 g/mol. The summed E-state index contributed by atoms with van der Waals surface area (Å²) in [5.41, 5.74) is 5.60. The molecule has 4 aromatic rings. The molecule has 8 nitrogen and oxygen atoms in total. The molecule has 0 saturated heterocycles. The fourth-order valence-electron chi connectivity index (χ4n) is 5.67. The average Bonchev–Trinajstić information content (AvgIpc) is 3.46. The van der Waals surface area contributed by atoms with Crippen molar-refractivity contribution in [2.24, 2.45) is 4.99 Å². The average molecular weight is 585 g/mol. The SMILES string of the molecule is CCN(CC)C(=O)C1=C(C)N=c2s/c(=C/c3cc(C)n(-c4ccccc4)c3C)c(=O)n2[C@H]1c1cc(OC)ccc1OC. The summed E-state index contributed by atoms with van der Waals surface area (Å²) in [7, 11) is 3.17. The standard InChI is InChI=1S/C33H36N4O4S/c1-8-35(9-2)32(39)29-21(4)34-33-37(30(29)26-19-25(40-6)15-16-27(26)41-7)31(38)28(42-33)18-23-17-20(3)36(22(23)5)24-13-11-10-12-14-24/h10-19,30H,8-9H2,1-7H3/b28-18+/t30-/m0/s1. The van der Waals surface area contributed by atoms with Crippen LogP contribution in [0.2, 0.25) is 0 Å². The lowest BCUT2D eigenvalue weighted by Gasteiger charge is -2.30. The number of ether oxygens (including phenoxy) is 2. The Bertz CT molecular complexity index is 1860. The molecule has 0 N–H and O–H groups in total. The molecular formula is C33H36N4O4S. The van der Waals surface area contributed by atoms with Crippen molar-refractivity contribution in [1.29, 1.82) is 0 Å². The number of methoxy groups -OCH3 is 2. The highest BCUT2D eigenvalue weighted by molar-refractivity contribution is 7.07. The van der Waals surface area contributed by atoms with Crippen molar-refractivity contribution in [2.75, 3.05) is 27.3 Å². The van der Waals surface area contributed by atoms with Crippen molar-refractivity contribution in [3.63, 3.8) is 0 Å². The molecule has 0 spiro atoms. The minimum absolute atomic E-state index is 0.156. The van der Waals surface area contributed by atoms with E-state index in [9.17, 15) is 9.59 Å². The van der Waals surface area contributed by atoms with Gasteiger partial charge in [-0.3, -0.25) is 14.2 Å². The van der Waals surface area contributed by atoms with Crippen LogP contribution in [0.15, 0.2) is 75.7 Å². The number of nitrogens with zero attached hydrogens (tertiary/aromatic N) is 4. The predicted molar refractivity (Wildman–Crippen MR) is 166 cm³/mol. The van der Waals surface area contributed by atoms with Gasteiger partial charge in [-0.25, -0.2) is 4.99 Å². The van der Waals surface area contributed by atoms with E-state index in [2.05, 4.69) is 36.6 Å². The van der Waals surface area contributed by atoms with Gasteiger partial charge in [0.2, 0.25) is 0 Å². The Kier molecular flexibility index (Phi) is 8.22. The summed E-state index contributed by atoms with van der Waals surface area (Å²) in [6.45, 7) is 10.9. The first-order chi connectivity index (χ1) is 20.2. The fraction of sp³-hybridized carbons (Fsp3) is 0.303. The Morgan fingerprint density at radius 2 is 1.74 bits per heavy atom. The summed E-state index contributed by atoms with van der Waals surface area (Å²) >= 11 is 1.32. The van der Waals surface area contributed by atoms with Gasteiger partial charge in [-0.1, -0.05) is 29.5 Å². The molecule has 0 bridgehead atoms. The maximum atomic E-state index is 14.3. The number of amides is 1. The Hall–Kier alpha value is -4.37. The van der Waals surface area contributed by atoms with Crippen LogP contribution >= 0.6 is 11.3 Å². The quantitative estimate of drug-likeness (QED) is 0.305. The van der Waals surface area contributed by atoms with Gasteiger partial charge in [0, 0.05) is 35.7 Å². The van der Waals surface area contributed by atoms with Crippen molar-refractivity contribution in [3.05, 3.63) is 108 Å². The molecule has 0 radical (unpaired) electrons. The number of aromatic nitrogens is 2. The molecule has 0 fully saturated rings. The largest absolute Gasteiger partial charge is 0.497 e. The second kappa shape index (κ2) is 11.9. The molecule has 1 atom stereocenters. The second-order valence-corrected chi connectivity index (χ2v) is 11.2. The zero-order chi connectivity index (χ0) is 30.1. The number of allylic oxidation sites excluding steroid dienone is 1. The van der Waals surface area contributed by atoms with Crippen molar-refractivity contribution in [2.45, 2.75) is 40.7 Å². The molecule has 2 aromatic carbocycles. The highest BCUT2D eigenvalue weighted by atomic mass is 32.1. The van der Waals surface area contributed by atoms with Gasteiger partial charge in [-0.15, -0.1) is 0 Å². The van der Waals surface area contributed by atoms with E-state index < -0.39 is 6.04 Å². The van der Waals surface area contributed by atoms with E-state index in [1.807, 2.05) is 51.1 Å². The van der Waals surface area contributed by atoms with Crippen LogP contribution in [0, 0.1) is 13.8 Å².